The van der Waals surface area contributed by atoms with Crippen LogP contribution in [0, 0.1) is 12.8 Å². The molecule has 1 atom stereocenters. The molecule has 0 amide bonds. The summed E-state index contributed by atoms with van der Waals surface area (Å²) in [6.45, 7) is 11.0. The molecule has 1 heterocycles. The van der Waals surface area contributed by atoms with Crippen molar-refractivity contribution in [3.05, 3.63) is 18.0 Å². The fourth-order valence-electron chi connectivity index (χ4n) is 1.97. The van der Waals surface area contributed by atoms with Crippen LogP contribution in [0.2, 0.25) is 0 Å². The molecule has 0 aliphatic rings. The summed E-state index contributed by atoms with van der Waals surface area (Å²) >= 11 is 0. The molecule has 0 fully saturated rings. The van der Waals surface area contributed by atoms with Gasteiger partial charge in [0.1, 0.15) is 0 Å². The third-order valence-corrected chi connectivity index (χ3v) is 2.98. The molecule has 0 saturated heterocycles. The van der Waals surface area contributed by atoms with Gasteiger partial charge in [-0.2, -0.15) is 5.10 Å². The summed E-state index contributed by atoms with van der Waals surface area (Å²) in [7, 11) is 0. The lowest BCUT2D eigenvalue weighted by Gasteiger charge is -2.20. The van der Waals surface area contributed by atoms with E-state index in [0.29, 0.717) is 6.04 Å². The van der Waals surface area contributed by atoms with E-state index in [9.17, 15) is 0 Å². The van der Waals surface area contributed by atoms with Gasteiger partial charge in [0.2, 0.25) is 0 Å². The normalized spacial score (nSPS) is 13.3. The molecule has 0 aromatic carbocycles. The van der Waals surface area contributed by atoms with Crippen molar-refractivity contribution in [3.8, 4) is 0 Å². The first kappa shape index (κ1) is 13.2. The van der Waals surface area contributed by atoms with E-state index in [1.165, 1.54) is 12.0 Å². The van der Waals surface area contributed by atoms with Crippen LogP contribution in [0.25, 0.3) is 0 Å². The maximum atomic E-state index is 4.28. The second-order valence-electron chi connectivity index (χ2n) is 4.85. The lowest BCUT2D eigenvalue weighted by Crippen LogP contribution is -2.34. The predicted octanol–water partition coefficient (Wildman–Crippen LogP) is 2.61. The molecule has 1 N–H and O–H groups in total. The molecule has 0 spiro atoms. The van der Waals surface area contributed by atoms with Gasteiger partial charge in [0.05, 0.1) is 6.20 Å². The number of aromatic nitrogens is 2. The molecule has 0 bridgehead atoms. The monoisotopic (exact) mass is 223 g/mol. The van der Waals surface area contributed by atoms with Crippen molar-refractivity contribution in [3.63, 3.8) is 0 Å². The maximum Gasteiger partial charge on any atom is 0.0518 e. The lowest BCUT2D eigenvalue weighted by molar-refractivity contribution is 0.380. The van der Waals surface area contributed by atoms with Gasteiger partial charge in [-0.05, 0) is 37.8 Å². The summed E-state index contributed by atoms with van der Waals surface area (Å²) in [5.41, 5.74) is 1.24. The standard InChI is InChI=1S/C13H25N3/c1-5-13(11(2)3)14-7-6-8-16-10-12(4)9-15-16/h9-11,13-14H,5-8H2,1-4H3. The quantitative estimate of drug-likeness (QED) is 0.720. The van der Waals surface area contributed by atoms with E-state index >= 15 is 0 Å². The molecule has 0 radical (unpaired) electrons. The zero-order valence-electron chi connectivity index (χ0n) is 11.0. The fraction of sp³-hybridized carbons (Fsp3) is 0.769. The second kappa shape index (κ2) is 6.69. The van der Waals surface area contributed by atoms with E-state index < -0.39 is 0 Å². The summed E-state index contributed by atoms with van der Waals surface area (Å²) in [6, 6.07) is 0.652. The van der Waals surface area contributed by atoms with Crippen molar-refractivity contribution in [2.24, 2.45) is 5.92 Å². The Morgan fingerprint density at radius 3 is 2.69 bits per heavy atom. The summed E-state index contributed by atoms with van der Waals surface area (Å²) in [6.07, 6.45) is 6.36. The first-order chi connectivity index (χ1) is 7.63. The Bertz CT molecular complexity index is 291. The summed E-state index contributed by atoms with van der Waals surface area (Å²) in [5.74, 6) is 0.719. The first-order valence-electron chi connectivity index (χ1n) is 6.36. The number of nitrogens with one attached hydrogen (secondary N) is 1. The molecule has 0 saturated carbocycles. The van der Waals surface area contributed by atoms with E-state index in [4.69, 9.17) is 0 Å². The zero-order valence-corrected chi connectivity index (χ0v) is 11.0. The van der Waals surface area contributed by atoms with Crippen LogP contribution in [0.5, 0.6) is 0 Å². The van der Waals surface area contributed by atoms with Crippen LogP contribution in [0.4, 0.5) is 0 Å². The van der Waals surface area contributed by atoms with E-state index in [1.807, 2.05) is 10.9 Å². The van der Waals surface area contributed by atoms with Gasteiger partial charge >= 0.3 is 0 Å². The highest BCUT2D eigenvalue weighted by molar-refractivity contribution is 4.99. The lowest BCUT2D eigenvalue weighted by atomic mass is 10.0. The van der Waals surface area contributed by atoms with Crippen LogP contribution < -0.4 is 5.32 Å². The number of hydrogen-bond acceptors (Lipinski definition) is 2. The maximum absolute atomic E-state index is 4.28. The highest BCUT2D eigenvalue weighted by Gasteiger charge is 2.08. The Balaban J connectivity index is 2.16. The van der Waals surface area contributed by atoms with Gasteiger partial charge in [0, 0.05) is 18.8 Å². The van der Waals surface area contributed by atoms with Crippen LogP contribution in [-0.4, -0.2) is 22.4 Å². The third-order valence-electron chi connectivity index (χ3n) is 2.98. The Hall–Kier alpha value is -0.830. The average Bonchev–Trinajstić information content (AvgIpc) is 2.64. The van der Waals surface area contributed by atoms with Gasteiger partial charge < -0.3 is 5.32 Å². The van der Waals surface area contributed by atoms with Gasteiger partial charge in [-0.3, -0.25) is 4.68 Å². The largest absolute Gasteiger partial charge is 0.314 e. The number of hydrogen-bond donors (Lipinski definition) is 1. The predicted molar refractivity (Wildman–Crippen MR) is 68.5 cm³/mol. The van der Waals surface area contributed by atoms with Crippen molar-refractivity contribution in [1.29, 1.82) is 0 Å². The van der Waals surface area contributed by atoms with Crippen molar-refractivity contribution in [2.75, 3.05) is 6.54 Å². The Kier molecular flexibility index (Phi) is 5.53. The van der Waals surface area contributed by atoms with Crippen molar-refractivity contribution in [2.45, 2.75) is 53.1 Å². The average molecular weight is 223 g/mol. The van der Waals surface area contributed by atoms with Crippen LogP contribution in [0.1, 0.15) is 39.2 Å². The molecule has 3 heteroatoms. The summed E-state index contributed by atoms with van der Waals surface area (Å²) < 4.78 is 2.02. The Labute approximate surface area is 99.2 Å². The van der Waals surface area contributed by atoms with Gasteiger partial charge in [-0.1, -0.05) is 20.8 Å². The number of aryl methyl sites for hydroxylation is 2. The molecule has 1 aromatic heterocycles. The number of nitrogens with zero attached hydrogens (tertiary/aromatic N) is 2. The van der Waals surface area contributed by atoms with Crippen molar-refractivity contribution in [1.82, 2.24) is 15.1 Å². The minimum atomic E-state index is 0.652. The van der Waals surface area contributed by atoms with Gasteiger partial charge in [0.25, 0.3) is 0 Å². The SMILES string of the molecule is CCC(NCCCn1cc(C)cn1)C(C)C. The van der Waals surface area contributed by atoms with Crippen LogP contribution in [0.15, 0.2) is 12.4 Å². The van der Waals surface area contributed by atoms with E-state index in [-0.39, 0.29) is 0 Å². The van der Waals surface area contributed by atoms with Gasteiger partial charge in [0.15, 0.2) is 0 Å². The van der Waals surface area contributed by atoms with Crippen molar-refractivity contribution >= 4 is 0 Å². The highest BCUT2D eigenvalue weighted by atomic mass is 15.3. The third kappa shape index (κ3) is 4.35. The smallest absolute Gasteiger partial charge is 0.0518 e. The molecule has 1 unspecified atom stereocenters. The highest BCUT2D eigenvalue weighted by Crippen LogP contribution is 2.05. The van der Waals surface area contributed by atoms with Crippen LogP contribution in [-0.2, 0) is 6.54 Å². The van der Waals surface area contributed by atoms with Crippen molar-refractivity contribution < 1.29 is 0 Å². The molecule has 0 aliphatic carbocycles. The molecule has 1 rings (SSSR count). The Morgan fingerprint density at radius 2 is 2.19 bits per heavy atom. The Morgan fingerprint density at radius 1 is 1.44 bits per heavy atom. The molecule has 0 aliphatic heterocycles. The molecule has 1 aromatic rings. The van der Waals surface area contributed by atoms with E-state index in [1.54, 1.807) is 0 Å². The van der Waals surface area contributed by atoms with E-state index in [0.717, 1.165) is 25.4 Å². The topological polar surface area (TPSA) is 29.9 Å². The van der Waals surface area contributed by atoms with Crippen LogP contribution >= 0.6 is 0 Å². The van der Waals surface area contributed by atoms with Gasteiger partial charge in [-0.25, -0.2) is 0 Å². The molecular formula is C13H25N3. The fourth-order valence-corrected chi connectivity index (χ4v) is 1.97. The molecular weight excluding hydrogens is 198 g/mol. The molecule has 92 valence electrons. The zero-order chi connectivity index (χ0) is 12.0. The minimum Gasteiger partial charge on any atom is -0.314 e. The van der Waals surface area contributed by atoms with Gasteiger partial charge in [-0.15, -0.1) is 0 Å². The second-order valence-corrected chi connectivity index (χ2v) is 4.85. The first-order valence-corrected chi connectivity index (χ1v) is 6.36. The minimum absolute atomic E-state index is 0.652. The number of rotatable bonds is 7. The summed E-state index contributed by atoms with van der Waals surface area (Å²) in [4.78, 5) is 0. The molecule has 3 nitrogen and oxygen atoms in total. The van der Waals surface area contributed by atoms with E-state index in [2.05, 4.69) is 44.3 Å². The van der Waals surface area contributed by atoms with Crippen LogP contribution in [0.3, 0.4) is 0 Å². The molecule has 16 heavy (non-hydrogen) atoms. The summed E-state index contributed by atoms with van der Waals surface area (Å²) in [5, 5.41) is 7.88.